The average molecular weight is 378 g/mol. The van der Waals surface area contributed by atoms with Gasteiger partial charge in [0.2, 0.25) is 0 Å². The monoisotopic (exact) mass is 378 g/mol. The van der Waals surface area contributed by atoms with Crippen LogP contribution in [0.4, 0.5) is 16.2 Å². The van der Waals surface area contributed by atoms with E-state index in [9.17, 15) is 4.79 Å². The van der Waals surface area contributed by atoms with E-state index in [0.29, 0.717) is 13.2 Å². The number of benzene rings is 2. The molecule has 0 unspecified atom stereocenters. The van der Waals surface area contributed by atoms with Crippen molar-refractivity contribution in [2.24, 2.45) is 0 Å². The van der Waals surface area contributed by atoms with Gasteiger partial charge in [-0.25, -0.2) is 4.79 Å². The predicted octanol–water partition coefficient (Wildman–Crippen LogP) is 4.28. The van der Waals surface area contributed by atoms with Crippen molar-refractivity contribution in [2.45, 2.75) is 13.8 Å². The van der Waals surface area contributed by atoms with Crippen molar-refractivity contribution >= 4 is 28.3 Å². The second kappa shape index (κ2) is 9.60. The largest absolute Gasteiger partial charge is 0.492 e. The van der Waals surface area contributed by atoms with Crippen molar-refractivity contribution in [1.82, 2.24) is 10.3 Å². The number of amides is 2. The Bertz CT molecular complexity index is 908. The third-order valence-electron chi connectivity index (χ3n) is 4.48. The van der Waals surface area contributed by atoms with Crippen LogP contribution in [0.2, 0.25) is 0 Å². The lowest BCUT2D eigenvalue weighted by Crippen LogP contribution is -2.32. The number of nitrogens with one attached hydrogen (secondary N) is 2. The van der Waals surface area contributed by atoms with E-state index in [1.54, 1.807) is 6.20 Å². The number of urea groups is 1. The molecule has 2 amide bonds. The number of ether oxygens (including phenoxy) is 1. The minimum absolute atomic E-state index is 0.248. The molecule has 28 heavy (non-hydrogen) atoms. The number of carbonyl (C=O) groups is 1. The van der Waals surface area contributed by atoms with Crippen molar-refractivity contribution in [3.63, 3.8) is 0 Å². The molecule has 1 aromatic heterocycles. The third kappa shape index (κ3) is 5.13. The molecule has 2 aromatic carbocycles. The van der Waals surface area contributed by atoms with Gasteiger partial charge in [0, 0.05) is 36.0 Å². The second-order valence-corrected chi connectivity index (χ2v) is 6.31. The van der Waals surface area contributed by atoms with Crippen molar-refractivity contribution in [3.8, 4) is 5.75 Å². The molecular weight excluding hydrogens is 352 g/mol. The summed E-state index contributed by atoms with van der Waals surface area (Å²) in [4.78, 5) is 18.6. The third-order valence-corrected chi connectivity index (χ3v) is 4.48. The van der Waals surface area contributed by atoms with E-state index in [-0.39, 0.29) is 6.03 Å². The molecule has 0 fully saturated rings. The normalized spacial score (nSPS) is 10.5. The van der Waals surface area contributed by atoms with Gasteiger partial charge in [-0.05, 0) is 62.4 Å². The zero-order valence-electron chi connectivity index (χ0n) is 16.3. The summed E-state index contributed by atoms with van der Waals surface area (Å²) in [5.74, 6) is 0.759. The zero-order chi connectivity index (χ0) is 19.8. The Kier molecular flexibility index (Phi) is 6.68. The lowest BCUT2D eigenvalue weighted by Gasteiger charge is -2.21. The smallest absolute Gasteiger partial charge is 0.319 e. The summed E-state index contributed by atoms with van der Waals surface area (Å²) in [6.07, 6.45) is 1.77. The number of nitrogens with zero attached hydrogens (tertiary/aromatic N) is 2. The maximum absolute atomic E-state index is 12.0. The molecule has 0 aliphatic rings. The quantitative estimate of drug-likeness (QED) is 0.574. The number of aromatic nitrogens is 1. The van der Waals surface area contributed by atoms with Crippen LogP contribution in [0.3, 0.4) is 0 Å². The van der Waals surface area contributed by atoms with Gasteiger partial charge in [0.15, 0.2) is 0 Å². The molecule has 0 aliphatic carbocycles. The highest BCUT2D eigenvalue weighted by Gasteiger charge is 2.04. The number of rotatable bonds is 8. The lowest BCUT2D eigenvalue weighted by molar-refractivity contribution is 0.247. The summed E-state index contributed by atoms with van der Waals surface area (Å²) < 4.78 is 5.71. The second-order valence-electron chi connectivity index (χ2n) is 6.31. The van der Waals surface area contributed by atoms with E-state index in [4.69, 9.17) is 4.74 Å². The van der Waals surface area contributed by atoms with Crippen LogP contribution in [-0.4, -0.2) is 37.3 Å². The van der Waals surface area contributed by atoms with Crippen molar-refractivity contribution < 1.29 is 9.53 Å². The van der Waals surface area contributed by atoms with Crippen LogP contribution in [0.15, 0.2) is 60.8 Å². The van der Waals surface area contributed by atoms with Crippen LogP contribution >= 0.6 is 0 Å². The van der Waals surface area contributed by atoms with Crippen LogP contribution in [0, 0.1) is 0 Å². The van der Waals surface area contributed by atoms with Gasteiger partial charge in [-0.2, -0.15) is 0 Å². The summed E-state index contributed by atoms with van der Waals surface area (Å²) in [6.45, 7) is 6.96. The van der Waals surface area contributed by atoms with Gasteiger partial charge in [0.25, 0.3) is 0 Å². The fourth-order valence-corrected chi connectivity index (χ4v) is 3.00. The van der Waals surface area contributed by atoms with Gasteiger partial charge >= 0.3 is 6.03 Å². The highest BCUT2D eigenvalue weighted by atomic mass is 16.5. The molecule has 0 spiro atoms. The maximum Gasteiger partial charge on any atom is 0.319 e. The topological polar surface area (TPSA) is 66.5 Å². The standard InChI is InChI=1S/C22H26N4O2/c1-3-26(4-2)19-9-7-18(8-10-19)25-22(27)24-14-15-28-20-11-12-21-17(16-20)6-5-13-23-21/h5-13,16H,3-4,14-15H2,1-2H3,(H2,24,25,27). The minimum atomic E-state index is -0.248. The van der Waals surface area contributed by atoms with E-state index in [1.165, 1.54) is 0 Å². The molecular formula is C22H26N4O2. The van der Waals surface area contributed by atoms with E-state index >= 15 is 0 Å². The molecule has 6 nitrogen and oxygen atoms in total. The summed E-state index contributed by atoms with van der Waals surface area (Å²) in [6, 6.07) is 17.2. The molecule has 146 valence electrons. The van der Waals surface area contributed by atoms with Gasteiger partial charge in [0.1, 0.15) is 12.4 Å². The Morgan fingerprint density at radius 1 is 1.07 bits per heavy atom. The number of pyridine rings is 1. The molecule has 0 atom stereocenters. The molecule has 6 heteroatoms. The lowest BCUT2D eigenvalue weighted by atomic mass is 10.2. The predicted molar refractivity (Wildman–Crippen MR) is 114 cm³/mol. The molecule has 0 bridgehead atoms. The highest BCUT2D eigenvalue weighted by molar-refractivity contribution is 5.89. The Balaban J connectivity index is 1.42. The van der Waals surface area contributed by atoms with Crippen LogP contribution in [0.25, 0.3) is 10.9 Å². The number of carbonyl (C=O) groups excluding carboxylic acids is 1. The summed E-state index contributed by atoms with van der Waals surface area (Å²) >= 11 is 0. The highest BCUT2D eigenvalue weighted by Crippen LogP contribution is 2.19. The fraction of sp³-hybridized carbons (Fsp3) is 0.273. The molecule has 0 radical (unpaired) electrons. The summed E-state index contributed by atoms with van der Waals surface area (Å²) in [7, 11) is 0. The van der Waals surface area contributed by atoms with E-state index in [1.807, 2.05) is 54.6 Å². The molecule has 3 aromatic rings. The van der Waals surface area contributed by atoms with Crippen LogP contribution in [0.1, 0.15) is 13.8 Å². The van der Waals surface area contributed by atoms with Gasteiger partial charge in [-0.15, -0.1) is 0 Å². The Morgan fingerprint density at radius 2 is 1.86 bits per heavy atom. The fourth-order valence-electron chi connectivity index (χ4n) is 3.00. The number of hydrogen-bond acceptors (Lipinski definition) is 4. The van der Waals surface area contributed by atoms with Crippen molar-refractivity contribution in [1.29, 1.82) is 0 Å². The van der Waals surface area contributed by atoms with E-state index < -0.39 is 0 Å². The molecule has 2 N–H and O–H groups in total. The van der Waals surface area contributed by atoms with Crippen molar-refractivity contribution in [2.75, 3.05) is 36.5 Å². The SMILES string of the molecule is CCN(CC)c1ccc(NC(=O)NCCOc2ccc3ncccc3c2)cc1. The first-order chi connectivity index (χ1) is 13.7. The van der Waals surface area contributed by atoms with Crippen LogP contribution in [-0.2, 0) is 0 Å². The van der Waals surface area contributed by atoms with Crippen LogP contribution < -0.4 is 20.3 Å². The average Bonchev–Trinajstić information content (AvgIpc) is 2.73. The first-order valence-electron chi connectivity index (χ1n) is 9.57. The maximum atomic E-state index is 12.0. The van der Waals surface area contributed by atoms with Crippen molar-refractivity contribution in [3.05, 3.63) is 60.8 Å². The molecule has 0 saturated heterocycles. The Morgan fingerprint density at radius 3 is 2.61 bits per heavy atom. The van der Waals surface area contributed by atoms with Crippen LogP contribution in [0.5, 0.6) is 5.75 Å². The molecule has 3 rings (SSSR count). The number of hydrogen-bond donors (Lipinski definition) is 2. The van der Waals surface area contributed by atoms with E-state index in [2.05, 4.69) is 34.4 Å². The molecule has 0 saturated carbocycles. The van der Waals surface area contributed by atoms with E-state index in [0.717, 1.165) is 41.1 Å². The molecule has 0 aliphatic heterocycles. The Hall–Kier alpha value is -3.28. The zero-order valence-corrected chi connectivity index (χ0v) is 16.3. The van der Waals surface area contributed by atoms with Gasteiger partial charge in [0.05, 0.1) is 12.1 Å². The number of anilines is 2. The Labute approximate surface area is 165 Å². The van der Waals surface area contributed by atoms with Gasteiger partial charge in [-0.1, -0.05) is 6.07 Å². The molecule has 1 heterocycles. The summed E-state index contributed by atoms with van der Waals surface area (Å²) in [5, 5.41) is 6.66. The van der Waals surface area contributed by atoms with Gasteiger partial charge in [-0.3, -0.25) is 4.98 Å². The minimum Gasteiger partial charge on any atom is -0.492 e. The first-order valence-corrected chi connectivity index (χ1v) is 9.57. The summed E-state index contributed by atoms with van der Waals surface area (Å²) in [5.41, 5.74) is 2.84. The first kappa shape index (κ1) is 19.5. The van der Waals surface area contributed by atoms with Gasteiger partial charge < -0.3 is 20.3 Å². The number of fused-ring (bicyclic) bond motifs is 1.